The van der Waals surface area contributed by atoms with E-state index in [0.717, 1.165) is 22.2 Å². The smallest absolute Gasteiger partial charge is 0.251 e. The van der Waals surface area contributed by atoms with Crippen LogP contribution in [-0.4, -0.2) is 33.1 Å². The molecule has 2 aromatic heterocycles. The highest BCUT2D eigenvalue weighted by Gasteiger charge is 2.11. The number of nitrogens with one attached hydrogen (secondary N) is 2. The SMILES string of the molecule is CC(C)n1ncc2cc(NC(=O)CNC(=O)c3ccc(-c4ccccc4)cc3)cnc21. The number of carbonyl (C=O) groups is 2. The standard InChI is InChI=1S/C24H23N5O2/c1-16(2)29-23-20(13-27-29)12-21(14-25-23)28-22(30)15-26-24(31)19-10-8-18(9-11-19)17-6-4-3-5-7-17/h3-14,16H,15H2,1-2H3,(H,26,31)(H,28,30). The molecule has 0 fully saturated rings. The molecule has 2 aromatic carbocycles. The number of fused-ring (bicyclic) bond motifs is 1. The van der Waals surface area contributed by atoms with Crippen LogP contribution in [0.5, 0.6) is 0 Å². The Morgan fingerprint density at radius 3 is 2.39 bits per heavy atom. The Bertz CT molecular complexity index is 1210. The normalized spacial score (nSPS) is 10.9. The number of hydrogen-bond acceptors (Lipinski definition) is 4. The van der Waals surface area contributed by atoms with Crippen LogP contribution < -0.4 is 10.6 Å². The molecule has 0 bridgehead atoms. The minimum atomic E-state index is -0.327. The van der Waals surface area contributed by atoms with Crippen LogP contribution in [0.1, 0.15) is 30.2 Å². The second-order valence-corrected chi connectivity index (χ2v) is 7.49. The Morgan fingerprint density at radius 2 is 1.68 bits per heavy atom. The molecule has 0 spiro atoms. The lowest BCUT2D eigenvalue weighted by molar-refractivity contribution is -0.115. The Morgan fingerprint density at radius 1 is 0.968 bits per heavy atom. The monoisotopic (exact) mass is 413 g/mol. The minimum Gasteiger partial charge on any atom is -0.343 e. The number of pyridine rings is 1. The summed E-state index contributed by atoms with van der Waals surface area (Å²) in [5.74, 6) is -0.631. The first-order chi connectivity index (χ1) is 15.0. The van der Waals surface area contributed by atoms with Crippen molar-refractivity contribution in [3.63, 3.8) is 0 Å². The summed E-state index contributed by atoms with van der Waals surface area (Å²) < 4.78 is 1.82. The zero-order valence-corrected chi connectivity index (χ0v) is 17.4. The average molecular weight is 413 g/mol. The van der Waals surface area contributed by atoms with Crippen LogP contribution >= 0.6 is 0 Å². The summed E-state index contributed by atoms with van der Waals surface area (Å²) in [4.78, 5) is 29.0. The summed E-state index contributed by atoms with van der Waals surface area (Å²) in [6.45, 7) is 3.92. The van der Waals surface area contributed by atoms with Crippen molar-refractivity contribution in [2.45, 2.75) is 19.9 Å². The van der Waals surface area contributed by atoms with Crippen molar-refractivity contribution in [3.05, 3.63) is 78.6 Å². The van der Waals surface area contributed by atoms with Gasteiger partial charge in [0.15, 0.2) is 5.65 Å². The maximum absolute atomic E-state index is 12.4. The number of benzene rings is 2. The van der Waals surface area contributed by atoms with E-state index in [0.29, 0.717) is 11.3 Å². The lowest BCUT2D eigenvalue weighted by Gasteiger charge is -2.09. The molecule has 0 saturated heterocycles. The summed E-state index contributed by atoms with van der Waals surface area (Å²) in [5, 5.41) is 10.6. The van der Waals surface area contributed by atoms with E-state index in [2.05, 4.69) is 20.7 Å². The van der Waals surface area contributed by atoms with Crippen molar-refractivity contribution in [3.8, 4) is 11.1 Å². The van der Waals surface area contributed by atoms with Gasteiger partial charge in [0.1, 0.15) is 0 Å². The number of hydrogen-bond donors (Lipinski definition) is 2. The van der Waals surface area contributed by atoms with E-state index < -0.39 is 0 Å². The molecule has 2 heterocycles. The van der Waals surface area contributed by atoms with Crippen LogP contribution in [0.2, 0.25) is 0 Å². The molecule has 0 aliphatic heterocycles. The number of aromatic nitrogens is 3. The Kier molecular flexibility index (Phi) is 5.75. The maximum atomic E-state index is 12.4. The second kappa shape index (κ2) is 8.79. The molecule has 7 nitrogen and oxygen atoms in total. The molecule has 4 rings (SSSR count). The maximum Gasteiger partial charge on any atom is 0.251 e. The third kappa shape index (κ3) is 4.61. The van der Waals surface area contributed by atoms with E-state index in [1.165, 1.54) is 0 Å². The molecule has 0 atom stereocenters. The summed E-state index contributed by atoms with van der Waals surface area (Å²) in [6.07, 6.45) is 3.31. The van der Waals surface area contributed by atoms with E-state index in [1.807, 2.05) is 67.1 Å². The molecule has 4 aromatic rings. The fourth-order valence-corrected chi connectivity index (χ4v) is 3.30. The first-order valence-corrected chi connectivity index (χ1v) is 10.1. The fraction of sp³-hybridized carbons (Fsp3) is 0.167. The second-order valence-electron chi connectivity index (χ2n) is 7.49. The van der Waals surface area contributed by atoms with Crippen molar-refractivity contribution < 1.29 is 9.59 Å². The number of rotatable bonds is 6. The van der Waals surface area contributed by atoms with Crippen molar-refractivity contribution in [1.82, 2.24) is 20.1 Å². The topological polar surface area (TPSA) is 88.9 Å². The van der Waals surface area contributed by atoms with Crippen LogP contribution in [0.4, 0.5) is 5.69 Å². The third-order valence-corrected chi connectivity index (χ3v) is 4.87. The molecule has 0 unspecified atom stereocenters. The molecular formula is C24H23N5O2. The summed E-state index contributed by atoms with van der Waals surface area (Å²) in [6, 6.07) is 19.2. The number of carbonyl (C=O) groups excluding carboxylic acids is 2. The summed E-state index contributed by atoms with van der Waals surface area (Å²) in [5.41, 5.74) is 3.93. The first-order valence-electron chi connectivity index (χ1n) is 10.1. The van der Waals surface area contributed by atoms with Gasteiger partial charge in [-0.25, -0.2) is 9.67 Å². The van der Waals surface area contributed by atoms with E-state index in [9.17, 15) is 9.59 Å². The molecule has 0 radical (unpaired) electrons. The van der Waals surface area contributed by atoms with Gasteiger partial charge in [0.05, 0.1) is 24.6 Å². The summed E-state index contributed by atoms with van der Waals surface area (Å²) >= 11 is 0. The molecular weight excluding hydrogens is 390 g/mol. The van der Waals surface area contributed by atoms with Gasteiger partial charge >= 0.3 is 0 Å². The molecule has 2 amide bonds. The van der Waals surface area contributed by atoms with Gasteiger partial charge in [0.25, 0.3) is 5.91 Å². The largest absolute Gasteiger partial charge is 0.343 e. The first kappa shape index (κ1) is 20.3. The van der Waals surface area contributed by atoms with Crippen LogP contribution in [0.25, 0.3) is 22.2 Å². The van der Waals surface area contributed by atoms with E-state index in [1.54, 1.807) is 24.5 Å². The van der Waals surface area contributed by atoms with Crippen molar-refractivity contribution in [1.29, 1.82) is 0 Å². The van der Waals surface area contributed by atoms with E-state index >= 15 is 0 Å². The van der Waals surface area contributed by atoms with Gasteiger partial charge in [-0.2, -0.15) is 5.10 Å². The Balaban J connectivity index is 1.34. The highest BCUT2D eigenvalue weighted by molar-refractivity contribution is 6.00. The molecule has 0 aliphatic rings. The number of nitrogens with zero attached hydrogens (tertiary/aromatic N) is 3. The molecule has 156 valence electrons. The third-order valence-electron chi connectivity index (χ3n) is 4.87. The minimum absolute atomic E-state index is 0.136. The van der Waals surface area contributed by atoms with Crippen LogP contribution in [0, 0.1) is 0 Å². The van der Waals surface area contributed by atoms with E-state index in [4.69, 9.17) is 0 Å². The van der Waals surface area contributed by atoms with Gasteiger partial charge in [-0.15, -0.1) is 0 Å². The lowest BCUT2D eigenvalue weighted by atomic mass is 10.0. The fourth-order valence-electron chi connectivity index (χ4n) is 3.30. The van der Waals surface area contributed by atoms with Crippen LogP contribution in [0.3, 0.4) is 0 Å². The predicted octanol–water partition coefficient (Wildman–Crippen LogP) is 4.05. The van der Waals surface area contributed by atoms with Gasteiger partial charge in [0, 0.05) is 17.0 Å². The highest BCUT2D eigenvalue weighted by atomic mass is 16.2. The van der Waals surface area contributed by atoms with Gasteiger partial charge in [-0.05, 0) is 43.2 Å². The molecule has 31 heavy (non-hydrogen) atoms. The van der Waals surface area contributed by atoms with Crippen molar-refractivity contribution >= 4 is 28.5 Å². The van der Waals surface area contributed by atoms with Gasteiger partial charge in [-0.3, -0.25) is 9.59 Å². The highest BCUT2D eigenvalue weighted by Crippen LogP contribution is 2.20. The van der Waals surface area contributed by atoms with Crippen molar-refractivity contribution in [2.24, 2.45) is 0 Å². The molecule has 0 aliphatic carbocycles. The van der Waals surface area contributed by atoms with Gasteiger partial charge in [-0.1, -0.05) is 42.5 Å². The van der Waals surface area contributed by atoms with Gasteiger partial charge in [0.2, 0.25) is 5.91 Å². The number of anilines is 1. The quantitative estimate of drug-likeness (QED) is 0.499. The zero-order valence-electron chi connectivity index (χ0n) is 17.4. The number of amides is 2. The van der Waals surface area contributed by atoms with Gasteiger partial charge < -0.3 is 10.6 Å². The Labute approximate surface area is 180 Å². The predicted molar refractivity (Wildman–Crippen MR) is 121 cm³/mol. The molecule has 2 N–H and O–H groups in total. The Hall–Kier alpha value is -4.00. The van der Waals surface area contributed by atoms with Crippen LogP contribution in [-0.2, 0) is 4.79 Å². The molecule has 7 heteroatoms. The average Bonchev–Trinajstić information content (AvgIpc) is 3.22. The lowest BCUT2D eigenvalue weighted by Crippen LogP contribution is -2.32. The van der Waals surface area contributed by atoms with E-state index in [-0.39, 0.29) is 24.4 Å². The summed E-state index contributed by atoms with van der Waals surface area (Å²) in [7, 11) is 0. The molecule has 0 saturated carbocycles. The zero-order chi connectivity index (χ0) is 21.8. The van der Waals surface area contributed by atoms with Crippen LogP contribution in [0.15, 0.2) is 73.1 Å². The van der Waals surface area contributed by atoms with Crippen molar-refractivity contribution in [2.75, 3.05) is 11.9 Å².